The average molecular weight is 529 g/mol. The fourth-order valence-corrected chi connectivity index (χ4v) is 4.08. The van der Waals surface area contributed by atoms with Gasteiger partial charge in [-0.3, -0.25) is 14.6 Å². The first-order valence-corrected chi connectivity index (χ1v) is 11.8. The minimum Gasteiger partial charge on any atom is -0.481 e. The highest BCUT2D eigenvalue weighted by atomic mass is 19.1. The normalized spacial score (nSPS) is 10.9. The molecule has 1 amide bonds. The zero-order valence-corrected chi connectivity index (χ0v) is 21.2. The molecule has 0 radical (unpaired) electrons. The van der Waals surface area contributed by atoms with Crippen LogP contribution in [0.4, 0.5) is 14.5 Å². The number of aryl methyl sites for hydroxylation is 1. The molecule has 5 aromatic rings. The molecule has 0 saturated carbocycles. The van der Waals surface area contributed by atoms with Crippen molar-refractivity contribution in [2.75, 3.05) is 12.4 Å². The number of aromatic nitrogens is 3. The van der Waals surface area contributed by atoms with E-state index in [2.05, 4.69) is 15.3 Å². The van der Waals surface area contributed by atoms with Crippen LogP contribution in [-0.4, -0.2) is 27.6 Å². The van der Waals surface area contributed by atoms with Crippen molar-refractivity contribution in [2.24, 2.45) is 7.05 Å². The molecule has 3 aromatic heterocycles. The van der Waals surface area contributed by atoms with Crippen LogP contribution in [0.5, 0.6) is 17.4 Å². The van der Waals surface area contributed by atoms with Crippen LogP contribution in [0.15, 0.2) is 77.9 Å². The molecule has 0 bridgehead atoms. The van der Waals surface area contributed by atoms with Gasteiger partial charge in [0, 0.05) is 54.6 Å². The maximum Gasteiger partial charge on any atom is 0.261 e. The van der Waals surface area contributed by atoms with E-state index >= 15 is 4.39 Å². The molecule has 8 nitrogen and oxygen atoms in total. The van der Waals surface area contributed by atoms with Gasteiger partial charge in [-0.15, -0.1) is 0 Å². The summed E-state index contributed by atoms with van der Waals surface area (Å²) in [6, 6.07) is 14.2. The van der Waals surface area contributed by atoms with Gasteiger partial charge in [0.15, 0.2) is 17.3 Å². The Morgan fingerprint density at radius 2 is 1.77 bits per heavy atom. The Hall–Kier alpha value is -5.12. The predicted octanol–water partition coefficient (Wildman–Crippen LogP) is 5.64. The van der Waals surface area contributed by atoms with Crippen molar-refractivity contribution in [3.8, 4) is 28.5 Å². The number of methoxy groups -OCH3 is 1. The number of halogens is 2. The van der Waals surface area contributed by atoms with E-state index in [-0.39, 0.29) is 28.3 Å². The van der Waals surface area contributed by atoms with Gasteiger partial charge < -0.3 is 19.4 Å². The van der Waals surface area contributed by atoms with Crippen molar-refractivity contribution >= 4 is 22.6 Å². The first kappa shape index (κ1) is 25.5. The number of nitrogens with one attached hydrogen (secondary N) is 1. The third kappa shape index (κ3) is 5.04. The largest absolute Gasteiger partial charge is 0.481 e. The number of nitrogens with zero attached hydrogens (tertiary/aromatic N) is 3. The summed E-state index contributed by atoms with van der Waals surface area (Å²) >= 11 is 0. The van der Waals surface area contributed by atoms with Crippen molar-refractivity contribution in [3.63, 3.8) is 0 Å². The van der Waals surface area contributed by atoms with Crippen molar-refractivity contribution < 1.29 is 23.0 Å². The summed E-state index contributed by atoms with van der Waals surface area (Å²) in [6.07, 6.45) is 3.10. The highest BCUT2D eigenvalue weighted by Gasteiger charge is 2.20. The highest BCUT2D eigenvalue weighted by Crippen LogP contribution is 2.31. The molecule has 0 unspecified atom stereocenters. The van der Waals surface area contributed by atoms with Gasteiger partial charge in [0.1, 0.15) is 16.9 Å². The molecule has 0 aliphatic carbocycles. The smallest absolute Gasteiger partial charge is 0.261 e. The minimum atomic E-state index is -0.745. The SMILES string of the molecule is COc1ccc2nccc(Oc3ccc(NC(=O)c4c(C)n(C)cc(-c5ccc(F)cc5)c4=O)cc3F)c2n1. The Kier molecular flexibility index (Phi) is 6.76. The molecule has 0 aliphatic rings. The number of pyridine rings is 3. The summed E-state index contributed by atoms with van der Waals surface area (Å²) in [5, 5.41) is 2.58. The summed E-state index contributed by atoms with van der Waals surface area (Å²) in [4.78, 5) is 35.0. The van der Waals surface area contributed by atoms with Gasteiger partial charge in [-0.2, -0.15) is 0 Å². The Labute approximate surface area is 221 Å². The highest BCUT2D eigenvalue weighted by molar-refractivity contribution is 6.05. The summed E-state index contributed by atoms with van der Waals surface area (Å²) in [5.74, 6) is -1.37. The van der Waals surface area contributed by atoms with Crippen LogP contribution in [0.25, 0.3) is 22.2 Å². The van der Waals surface area contributed by atoms with Gasteiger partial charge >= 0.3 is 0 Å². The lowest BCUT2D eigenvalue weighted by Crippen LogP contribution is -2.26. The fourth-order valence-electron chi connectivity index (χ4n) is 4.08. The molecule has 196 valence electrons. The van der Waals surface area contributed by atoms with E-state index in [1.165, 1.54) is 49.7 Å². The third-order valence-corrected chi connectivity index (χ3v) is 6.21. The second kappa shape index (κ2) is 10.3. The molecule has 39 heavy (non-hydrogen) atoms. The molecular weight excluding hydrogens is 506 g/mol. The topological polar surface area (TPSA) is 95.3 Å². The van der Waals surface area contributed by atoms with Crippen LogP contribution in [0.1, 0.15) is 16.1 Å². The number of hydrogen-bond acceptors (Lipinski definition) is 6. The van der Waals surface area contributed by atoms with Crippen molar-refractivity contribution in [1.29, 1.82) is 0 Å². The maximum absolute atomic E-state index is 15.0. The Balaban J connectivity index is 1.42. The number of ether oxygens (including phenoxy) is 2. The zero-order valence-electron chi connectivity index (χ0n) is 21.2. The number of hydrogen-bond donors (Lipinski definition) is 1. The van der Waals surface area contributed by atoms with Gasteiger partial charge in [0.25, 0.3) is 5.91 Å². The molecule has 0 fully saturated rings. The average Bonchev–Trinajstić information content (AvgIpc) is 2.93. The van der Waals surface area contributed by atoms with E-state index in [1.807, 2.05) is 0 Å². The molecule has 10 heteroatoms. The Morgan fingerprint density at radius 3 is 2.49 bits per heavy atom. The molecular formula is C29H22F2N4O4. The molecule has 0 spiro atoms. The number of fused-ring (bicyclic) bond motifs is 1. The number of benzene rings is 2. The summed E-state index contributed by atoms with van der Waals surface area (Å²) in [6.45, 7) is 1.63. The molecule has 0 atom stereocenters. The standard InChI is InChI=1S/C29H22F2N4O4/c1-16-26(28(36)20(15-35(16)2)17-4-6-18(30)7-5-17)29(37)33-19-8-10-23(21(31)14-19)39-24-12-13-32-22-9-11-25(38-3)34-27(22)24/h4-15H,1-3H3,(H,33,37). The third-order valence-electron chi connectivity index (χ3n) is 6.21. The zero-order chi connectivity index (χ0) is 27.7. The molecule has 1 N–H and O–H groups in total. The fraction of sp³-hybridized carbons (Fsp3) is 0.103. The first-order valence-electron chi connectivity index (χ1n) is 11.8. The number of rotatable bonds is 6. The van der Waals surface area contributed by atoms with Crippen LogP contribution in [0.3, 0.4) is 0 Å². The van der Waals surface area contributed by atoms with Crippen LogP contribution < -0.4 is 20.2 Å². The maximum atomic E-state index is 15.0. The Morgan fingerprint density at radius 1 is 1.00 bits per heavy atom. The van der Waals surface area contributed by atoms with E-state index in [9.17, 15) is 14.0 Å². The Bertz CT molecular complexity index is 1790. The summed E-state index contributed by atoms with van der Waals surface area (Å²) < 4.78 is 41.0. The first-order chi connectivity index (χ1) is 18.7. The van der Waals surface area contributed by atoms with E-state index < -0.39 is 23.0 Å². The summed E-state index contributed by atoms with van der Waals surface area (Å²) in [5.41, 5.74) is 1.53. The molecule has 5 rings (SSSR count). The van der Waals surface area contributed by atoms with Crippen molar-refractivity contribution in [1.82, 2.24) is 14.5 Å². The quantitative estimate of drug-likeness (QED) is 0.307. The van der Waals surface area contributed by atoms with E-state index in [4.69, 9.17) is 9.47 Å². The van der Waals surface area contributed by atoms with Crippen molar-refractivity contribution in [3.05, 3.63) is 106 Å². The van der Waals surface area contributed by atoms with Gasteiger partial charge in [-0.1, -0.05) is 12.1 Å². The molecule has 0 aliphatic heterocycles. The van der Waals surface area contributed by atoms with E-state index in [0.717, 1.165) is 6.07 Å². The second-order valence-electron chi connectivity index (χ2n) is 8.68. The number of anilines is 1. The number of carbonyl (C=O) groups is 1. The van der Waals surface area contributed by atoms with Gasteiger partial charge in [0.2, 0.25) is 11.3 Å². The van der Waals surface area contributed by atoms with Crippen molar-refractivity contribution in [2.45, 2.75) is 6.92 Å². The van der Waals surface area contributed by atoms with Crippen LogP contribution >= 0.6 is 0 Å². The van der Waals surface area contributed by atoms with Crippen LogP contribution in [0.2, 0.25) is 0 Å². The van der Waals surface area contributed by atoms with Crippen LogP contribution in [0, 0.1) is 18.6 Å². The lowest BCUT2D eigenvalue weighted by molar-refractivity contribution is 0.102. The minimum absolute atomic E-state index is 0.101. The number of amides is 1. The lowest BCUT2D eigenvalue weighted by atomic mass is 10.0. The summed E-state index contributed by atoms with van der Waals surface area (Å²) in [7, 11) is 3.17. The van der Waals surface area contributed by atoms with Gasteiger partial charge in [-0.25, -0.2) is 13.8 Å². The molecule has 3 heterocycles. The number of carbonyl (C=O) groups excluding carboxylic acids is 1. The van der Waals surface area contributed by atoms with E-state index in [1.54, 1.807) is 42.9 Å². The van der Waals surface area contributed by atoms with Gasteiger partial charge in [-0.05, 0) is 42.8 Å². The molecule has 2 aromatic carbocycles. The van der Waals surface area contributed by atoms with Gasteiger partial charge in [0.05, 0.1) is 12.6 Å². The second-order valence-corrected chi connectivity index (χ2v) is 8.68. The molecule has 0 saturated heterocycles. The van der Waals surface area contributed by atoms with Crippen LogP contribution in [-0.2, 0) is 7.05 Å². The monoisotopic (exact) mass is 528 g/mol. The predicted molar refractivity (Wildman–Crippen MR) is 142 cm³/mol. The lowest BCUT2D eigenvalue weighted by Gasteiger charge is -2.14. The van der Waals surface area contributed by atoms with E-state index in [0.29, 0.717) is 28.2 Å².